The Balaban J connectivity index is 1.71. The van der Waals surface area contributed by atoms with Gasteiger partial charge in [0, 0.05) is 40.9 Å². The van der Waals surface area contributed by atoms with Gasteiger partial charge >= 0.3 is 5.97 Å². The number of hydrogen-bond acceptors (Lipinski definition) is 5. The van der Waals surface area contributed by atoms with Crippen LogP contribution in [-0.4, -0.2) is 31.6 Å². The summed E-state index contributed by atoms with van der Waals surface area (Å²) in [6, 6.07) is 13.5. The third-order valence-electron chi connectivity index (χ3n) is 6.24. The minimum atomic E-state index is -0.704. The fraction of sp³-hybridized carbons (Fsp3) is 0.333. The average Bonchev–Trinajstić information content (AvgIpc) is 2.81. The molecule has 2 unspecified atom stereocenters. The van der Waals surface area contributed by atoms with Crippen LogP contribution in [0.25, 0.3) is 0 Å². The van der Waals surface area contributed by atoms with Gasteiger partial charge in [-0.3, -0.25) is 4.79 Å². The topological polar surface area (TPSA) is 64.6 Å². The van der Waals surface area contributed by atoms with Gasteiger partial charge in [-0.1, -0.05) is 35.9 Å². The van der Waals surface area contributed by atoms with E-state index in [2.05, 4.69) is 5.32 Å². The molecule has 0 spiro atoms. The smallest absolute Gasteiger partial charge is 0.336 e. The van der Waals surface area contributed by atoms with Crippen LogP contribution >= 0.6 is 11.6 Å². The standard InChI is InChI=1S/C27H27ClFNO4/c1-3-33-11-12-34-27(32)24-16(2)30-22-14-19(17-7-9-20(28)10-8-17)15-23(31)26(22)25(24)18-5-4-6-21(29)13-18/h4-10,13,19,25,30H,3,11-12,14-15H2,1-2H3. The molecule has 0 saturated heterocycles. The molecule has 2 aromatic carbocycles. The minimum absolute atomic E-state index is 0.0170. The minimum Gasteiger partial charge on any atom is -0.460 e. The van der Waals surface area contributed by atoms with Crippen molar-refractivity contribution in [2.75, 3.05) is 19.8 Å². The summed E-state index contributed by atoms with van der Waals surface area (Å²) in [6.45, 7) is 4.54. The highest BCUT2D eigenvalue weighted by atomic mass is 35.5. The second kappa shape index (κ2) is 10.5. The summed E-state index contributed by atoms with van der Waals surface area (Å²) in [5.41, 5.74) is 3.74. The Morgan fingerprint density at radius 1 is 1.12 bits per heavy atom. The van der Waals surface area contributed by atoms with E-state index in [9.17, 15) is 14.0 Å². The Kier molecular flexibility index (Phi) is 7.49. The first-order chi connectivity index (χ1) is 16.4. The number of ether oxygens (including phenoxy) is 2. The van der Waals surface area contributed by atoms with E-state index in [0.717, 1.165) is 11.3 Å². The number of carbonyl (C=O) groups excluding carboxylic acids is 2. The molecule has 1 aliphatic carbocycles. The van der Waals surface area contributed by atoms with Gasteiger partial charge in [0.15, 0.2) is 5.78 Å². The third kappa shape index (κ3) is 5.08. The molecule has 1 aliphatic heterocycles. The normalized spacial score (nSPS) is 20.2. The van der Waals surface area contributed by atoms with Crippen molar-refractivity contribution < 1.29 is 23.5 Å². The number of benzene rings is 2. The monoisotopic (exact) mass is 483 g/mol. The highest BCUT2D eigenvalue weighted by molar-refractivity contribution is 6.30. The van der Waals surface area contributed by atoms with Crippen molar-refractivity contribution >= 4 is 23.4 Å². The summed E-state index contributed by atoms with van der Waals surface area (Å²) in [5.74, 6) is -1.77. The fourth-order valence-electron chi connectivity index (χ4n) is 4.72. The number of Topliss-reactive ketones (excluding diaryl/α,β-unsaturated/α-hetero) is 1. The Hall–Kier alpha value is -2.96. The van der Waals surface area contributed by atoms with Gasteiger partial charge in [0.25, 0.3) is 0 Å². The number of rotatable bonds is 7. The van der Waals surface area contributed by atoms with Crippen LogP contribution in [0.4, 0.5) is 4.39 Å². The molecule has 0 amide bonds. The van der Waals surface area contributed by atoms with Gasteiger partial charge in [-0.2, -0.15) is 0 Å². The van der Waals surface area contributed by atoms with Gasteiger partial charge in [0.05, 0.1) is 12.2 Å². The lowest BCUT2D eigenvalue weighted by Gasteiger charge is -2.36. The van der Waals surface area contributed by atoms with Crippen LogP contribution < -0.4 is 5.32 Å². The molecule has 0 fully saturated rings. The van der Waals surface area contributed by atoms with Crippen LogP contribution in [0.15, 0.2) is 71.1 Å². The molecule has 0 saturated carbocycles. The Morgan fingerprint density at radius 3 is 2.59 bits per heavy atom. The van der Waals surface area contributed by atoms with Gasteiger partial charge in [-0.05, 0) is 61.6 Å². The first-order valence-corrected chi connectivity index (χ1v) is 11.8. The molecule has 7 heteroatoms. The fourth-order valence-corrected chi connectivity index (χ4v) is 4.84. The molecule has 2 aliphatic rings. The van der Waals surface area contributed by atoms with Crippen LogP contribution in [0.2, 0.25) is 5.02 Å². The molecule has 5 nitrogen and oxygen atoms in total. The van der Waals surface area contributed by atoms with E-state index >= 15 is 0 Å². The average molecular weight is 484 g/mol. The molecule has 2 aromatic rings. The lowest BCUT2D eigenvalue weighted by molar-refractivity contribution is -0.140. The van der Waals surface area contributed by atoms with Crippen molar-refractivity contribution in [2.24, 2.45) is 0 Å². The second-order valence-corrected chi connectivity index (χ2v) is 8.89. The number of ketones is 1. The third-order valence-corrected chi connectivity index (χ3v) is 6.49. The number of dihydropyridines is 1. The van der Waals surface area contributed by atoms with Gasteiger partial charge in [-0.25, -0.2) is 9.18 Å². The quantitative estimate of drug-likeness (QED) is 0.421. The molecule has 2 atom stereocenters. The van der Waals surface area contributed by atoms with Crippen molar-refractivity contribution in [1.82, 2.24) is 5.32 Å². The van der Waals surface area contributed by atoms with Gasteiger partial charge in [0.2, 0.25) is 0 Å². The number of allylic oxidation sites excluding steroid dienone is 3. The Labute approximate surface area is 203 Å². The molecule has 4 rings (SSSR count). The van der Waals surface area contributed by atoms with Gasteiger partial charge in [0.1, 0.15) is 12.4 Å². The summed E-state index contributed by atoms with van der Waals surface area (Å²) < 4.78 is 24.9. The zero-order valence-corrected chi connectivity index (χ0v) is 20.0. The van der Waals surface area contributed by atoms with E-state index < -0.39 is 17.7 Å². The van der Waals surface area contributed by atoms with E-state index in [-0.39, 0.29) is 24.9 Å². The largest absolute Gasteiger partial charge is 0.460 e. The first kappa shape index (κ1) is 24.2. The number of nitrogens with one attached hydrogen (secondary N) is 1. The highest BCUT2D eigenvalue weighted by Crippen LogP contribution is 2.45. The van der Waals surface area contributed by atoms with Crippen LogP contribution in [0.5, 0.6) is 0 Å². The Bertz CT molecular complexity index is 1160. The summed E-state index contributed by atoms with van der Waals surface area (Å²) in [6.07, 6.45) is 0.887. The van der Waals surface area contributed by atoms with E-state index in [4.69, 9.17) is 21.1 Å². The molecule has 0 radical (unpaired) electrons. The van der Waals surface area contributed by atoms with Crippen molar-refractivity contribution in [1.29, 1.82) is 0 Å². The molecule has 178 valence electrons. The molecule has 0 aromatic heterocycles. The summed E-state index contributed by atoms with van der Waals surface area (Å²) in [5, 5.41) is 3.93. The zero-order chi connectivity index (χ0) is 24.2. The predicted molar refractivity (Wildman–Crippen MR) is 128 cm³/mol. The van der Waals surface area contributed by atoms with Crippen molar-refractivity contribution in [3.63, 3.8) is 0 Å². The number of halogens is 2. The van der Waals surface area contributed by atoms with Crippen molar-refractivity contribution in [3.05, 3.63) is 93.0 Å². The molecular weight excluding hydrogens is 457 g/mol. The first-order valence-electron chi connectivity index (χ1n) is 11.4. The van der Waals surface area contributed by atoms with E-state index in [1.165, 1.54) is 12.1 Å². The number of carbonyl (C=O) groups is 2. The van der Waals surface area contributed by atoms with Crippen molar-refractivity contribution in [3.8, 4) is 0 Å². The molecular formula is C27H27ClFNO4. The maximum atomic E-state index is 14.2. The molecule has 1 heterocycles. The highest BCUT2D eigenvalue weighted by Gasteiger charge is 2.41. The van der Waals surface area contributed by atoms with Crippen LogP contribution in [0.3, 0.4) is 0 Å². The van der Waals surface area contributed by atoms with E-state index in [1.807, 2.05) is 31.2 Å². The van der Waals surface area contributed by atoms with Crippen molar-refractivity contribution in [2.45, 2.75) is 38.5 Å². The maximum absolute atomic E-state index is 14.2. The van der Waals surface area contributed by atoms with E-state index in [0.29, 0.717) is 46.9 Å². The van der Waals surface area contributed by atoms with Gasteiger partial charge < -0.3 is 14.8 Å². The summed E-state index contributed by atoms with van der Waals surface area (Å²) >= 11 is 6.03. The lowest BCUT2D eigenvalue weighted by Crippen LogP contribution is -2.36. The van der Waals surface area contributed by atoms with Crippen LogP contribution in [0.1, 0.15) is 49.7 Å². The number of esters is 1. The zero-order valence-electron chi connectivity index (χ0n) is 19.2. The maximum Gasteiger partial charge on any atom is 0.336 e. The van der Waals surface area contributed by atoms with Crippen LogP contribution in [-0.2, 0) is 19.1 Å². The lowest BCUT2D eigenvalue weighted by atomic mass is 9.71. The Morgan fingerprint density at radius 2 is 1.88 bits per heavy atom. The van der Waals surface area contributed by atoms with E-state index in [1.54, 1.807) is 19.1 Å². The second-order valence-electron chi connectivity index (χ2n) is 8.46. The summed E-state index contributed by atoms with van der Waals surface area (Å²) in [7, 11) is 0. The van der Waals surface area contributed by atoms with Crippen LogP contribution in [0, 0.1) is 5.82 Å². The molecule has 0 bridgehead atoms. The molecule has 34 heavy (non-hydrogen) atoms. The summed E-state index contributed by atoms with van der Waals surface area (Å²) in [4.78, 5) is 26.6. The molecule has 1 N–H and O–H groups in total. The van der Waals surface area contributed by atoms with Gasteiger partial charge in [-0.15, -0.1) is 0 Å². The predicted octanol–water partition coefficient (Wildman–Crippen LogP) is 5.42. The number of hydrogen-bond donors (Lipinski definition) is 1. The SMILES string of the molecule is CCOCCOC(=O)C1=C(C)NC2=C(C(=O)CC(c3ccc(Cl)cc3)C2)C1c1cccc(F)c1.